The van der Waals surface area contributed by atoms with Crippen molar-refractivity contribution in [2.75, 3.05) is 0 Å². The van der Waals surface area contributed by atoms with Crippen LogP contribution in [0.3, 0.4) is 0 Å². The number of hydrogen-bond acceptors (Lipinski definition) is 3. The molecule has 2 rings (SSSR count). The monoisotopic (exact) mass is 316 g/mol. The molecule has 0 atom stereocenters. The molecule has 0 unspecified atom stereocenters. The first-order valence-corrected chi connectivity index (χ1v) is 6.22. The van der Waals surface area contributed by atoms with Crippen LogP contribution in [0.4, 0.5) is 0 Å². The number of aromatic nitrogens is 2. The molecule has 0 aliphatic heterocycles. The van der Waals surface area contributed by atoms with Gasteiger partial charge in [-0.2, -0.15) is 4.37 Å². The lowest BCUT2D eigenvalue weighted by molar-refractivity contribution is 0.937. The van der Waals surface area contributed by atoms with Gasteiger partial charge in [0.05, 0.1) is 0 Å². The smallest absolute Gasteiger partial charge is 0.203 e. The Morgan fingerprint density at radius 3 is 2.57 bits per heavy atom. The normalized spacial score (nSPS) is 10.4. The van der Waals surface area contributed by atoms with Crippen LogP contribution >= 0.6 is 34.1 Å². The van der Waals surface area contributed by atoms with Crippen molar-refractivity contribution in [3.8, 4) is 0 Å². The Hall–Kier alpha value is -0.490. The molecule has 0 fully saturated rings. The Bertz CT molecular complexity index is 400. The van der Waals surface area contributed by atoms with Crippen molar-refractivity contribution in [2.45, 2.75) is 12.8 Å². The average Bonchev–Trinajstić information content (AvgIpc) is 2.63. The fourth-order valence-corrected chi connectivity index (χ4v) is 2.52. The summed E-state index contributed by atoms with van der Waals surface area (Å²) in [5.74, 6) is 0. The number of aryl methyl sites for hydroxylation is 2. The molecule has 0 radical (unpaired) electrons. The number of hydrogen-bond donors (Lipinski definition) is 0. The van der Waals surface area contributed by atoms with Gasteiger partial charge in [0.15, 0.2) is 0 Å². The Morgan fingerprint density at radius 2 is 1.93 bits per heavy atom. The number of halogens is 1. The zero-order chi connectivity index (χ0) is 9.80. The fraction of sp³-hybridized carbons (Fsp3) is 0.200. The van der Waals surface area contributed by atoms with Gasteiger partial charge in [-0.05, 0) is 23.5 Å². The molecule has 0 aliphatic rings. The van der Waals surface area contributed by atoms with Crippen LogP contribution in [-0.4, -0.2) is 9.36 Å². The van der Waals surface area contributed by atoms with Crippen LogP contribution in [0.1, 0.15) is 10.6 Å². The minimum absolute atomic E-state index is 0.857. The molecule has 1 heterocycles. The van der Waals surface area contributed by atoms with Crippen LogP contribution in [-0.2, 0) is 12.8 Å². The molecular formula is C10H9IN2S. The highest BCUT2D eigenvalue weighted by Crippen LogP contribution is 2.10. The first-order chi connectivity index (χ1) is 6.84. The lowest BCUT2D eigenvalue weighted by Crippen LogP contribution is -1.90. The molecular weight excluding hydrogens is 307 g/mol. The SMILES string of the molecule is Ic1nsc(CCc2ccccc2)n1. The highest BCUT2D eigenvalue weighted by molar-refractivity contribution is 14.1. The van der Waals surface area contributed by atoms with E-state index in [0.717, 1.165) is 21.7 Å². The summed E-state index contributed by atoms with van der Waals surface area (Å²) in [6.07, 6.45) is 2.04. The first kappa shape index (κ1) is 10.0. The maximum atomic E-state index is 4.32. The largest absolute Gasteiger partial charge is 0.215 e. The van der Waals surface area contributed by atoms with Crippen molar-refractivity contribution >= 4 is 34.1 Å². The van der Waals surface area contributed by atoms with Crippen LogP contribution in [0, 0.1) is 3.83 Å². The summed E-state index contributed by atoms with van der Waals surface area (Å²) < 4.78 is 5.00. The van der Waals surface area contributed by atoms with Gasteiger partial charge >= 0.3 is 0 Å². The number of rotatable bonds is 3. The molecule has 0 saturated heterocycles. The van der Waals surface area contributed by atoms with E-state index >= 15 is 0 Å². The standard InChI is InChI=1S/C10H9IN2S/c11-10-12-9(14-13-10)7-6-8-4-2-1-3-5-8/h1-5H,6-7H2. The minimum Gasteiger partial charge on any atom is -0.215 e. The van der Waals surface area contributed by atoms with Crippen molar-refractivity contribution in [3.63, 3.8) is 0 Å². The van der Waals surface area contributed by atoms with Crippen molar-refractivity contribution in [1.29, 1.82) is 0 Å². The zero-order valence-corrected chi connectivity index (χ0v) is 10.5. The molecule has 4 heteroatoms. The minimum atomic E-state index is 0.857. The zero-order valence-electron chi connectivity index (χ0n) is 7.48. The van der Waals surface area contributed by atoms with Gasteiger partial charge in [-0.25, -0.2) is 4.98 Å². The van der Waals surface area contributed by atoms with E-state index < -0.39 is 0 Å². The van der Waals surface area contributed by atoms with Gasteiger partial charge in [-0.1, -0.05) is 30.3 Å². The van der Waals surface area contributed by atoms with E-state index in [1.807, 2.05) is 6.07 Å². The van der Waals surface area contributed by atoms with Gasteiger partial charge in [0.25, 0.3) is 0 Å². The summed E-state index contributed by atoms with van der Waals surface area (Å²) in [7, 11) is 0. The topological polar surface area (TPSA) is 25.8 Å². The summed E-state index contributed by atoms with van der Waals surface area (Å²) in [5, 5.41) is 1.12. The van der Waals surface area contributed by atoms with Gasteiger partial charge in [0.2, 0.25) is 3.83 Å². The Kier molecular flexibility index (Phi) is 3.47. The van der Waals surface area contributed by atoms with Gasteiger partial charge in [-0.15, -0.1) is 0 Å². The molecule has 0 amide bonds. The first-order valence-electron chi connectivity index (χ1n) is 4.36. The lowest BCUT2D eigenvalue weighted by Gasteiger charge is -1.96. The van der Waals surface area contributed by atoms with Gasteiger partial charge < -0.3 is 0 Å². The maximum Gasteiger partial charge on any atom is 0.203 e. The highest BCUT2D eigenvalue weighted by atomic mass is 127. The Balaban J connectivity index is 1.95. The quantitative estimate of drug-likeness (QED) is 0.814. The molecule has 2 aromatic rings. The van der Waals surface area contributed by atoms with E-state index in [9.17, 15) is 0 Å². The number of nitrogens with zero attached hydrogens (tertiary/aromatic N) is 2. The molecule has 0 bridgehead atoms. The molecule has 0 N–H and O–H groups in total. The summed E-state index contributed by atoms with van der Waals surface area (Å²) in [4.78, 5) is 4.32. The van der Waals surface area contributed by atoms with Crippen molar-refractivity contribution in [3.05, 3.63) is 44.7 Å². The third-order valence-electron chi connectivity index (χ3n) is 1.91. The Labute approximate surface area is 101 Å². The van der Waals surface area contributed by atoms with Gasteiger partial charge in [0.1, 0.15) is 5.01 Å². The third kappa shape index (κ3) is 2.75. The average molecular weight is 316 g/mol. The van der Waals surface area contributed by atoms with Crippen molar-refractivity contribution in [2.24, 2.45) is 0 Å². The van der Waals surface area contributed by atoms with Crippen LogP contribution in [0.2, 0.25) is 0 Å². The molecule has 14 heavy (non-hydrogen) atoms. The molecule has 0 saturated carbocycles. The molecule has 72 valence electrons. The highest BCUT2D eigenvalue weighted by Gasteiger charge is 2.01. The third-order valence-corrected chi connectivity index (χ3v) is 3.49. The molecule has 0 spiro atoms. The lowest BCUT2D eigenvalue weighted by atomic mass is 10.1. The maximum absolute atomic E-state index is 4.32. The predicted octanol–water partition coefficient (Wildman–Crippen LogP) is 2.93. The second kappa shape index (κ2) is 4.84. The van der Waals surface area contributed by atoms with Gasteiger partial charge in [0, 0.05) is 29.0 Å². The van der Waals surface area contributed by atoms with Crippen molar-refractivity contribution in [1.82, 2.24) is 9.36 Å². The fourth-order valence-electron chi connectivity index (χ4n) is 1.23. The van der Waals surface area contributed by atoms with E-state index in [4.69, 9.17) is 0 Å². The molecule has 1 aromatic carbocycles. The predicted molar refractivity (Wildman–Crippen MR) is 66.5 cm³/mol. The Morgan fingerprint density at radius 1 is 1.14 bits per heavy atom. The second-order valence-corrected chi connectivity index (χ2v) is 4.74. The molecule has 0 aliphatic carbocycles. The second-order valence-electron chi connectivity index (χ2n) is 2.94. The molecule has 1 aromatic heterocycles. The van der Waals surface area contributed by atoms with Gasteiger partial charge in [-0.3, -0.25) is 0 Å². The van der Waals surface area contributed by atoms with E-state index in [2.05, 4.69) is 56.2 Å². The van der Waals surface area contributed by atoms with E-state index in [1.165, 1.54) is 17.1 Å². The van der Waals surface area contributed by atoms with E-state index in [1.54, 1.807) is 0 Å². The van der Waals surface area contributed by atoms with Crippen LogP contribution in [0.5, 0.6) is 0 Å². The summed E-state index contributed by atoms with van der Waals surface area (Å²) in [6, 6.07) is 10.5. The summed E-state index contributed by atoms with van der Waals surface area (Å²) >= 11 is 3.64. The van der Waals surface area contributed by atoms with Crippen LogP contribution < -0.4 is 0 Å². The number of benzene rings is 1. The van der Waals surface area contributed by atoms with E-state index in [-0.39, 0.29) is 0 Å². The van der Waals surface area contributed by atoms with E-state index in [0.29, 0.717) is 0 Å². The summed E-state index contributed by atoms with van der Waals surface area (Å²) in [5.41, 5.74) is 1.36. The summed E-state index contributed by atoms with van der Waals surface area (Å²) in [6.45, 7) is 0. The van der Waals surface area contributed by atoms with Crippen molar-refractivity contribution < 1.29 is 0 Å². The molecule has 2 nitrogen and oxygen atoms in total. The van der Waals surface area contributed by atoms with Crippen LogP contribution in [0.15, 0.2) is 30.3 Å². The van der Waals surface area contributed by atoms with Crippen LogP contribution in [0.25, 0.3) is 0 Å².